The van der Waals surface area contributed by atoms with Gasteiger partial charge in [0, 0.05) is 0 Å². The molecule has 1 aromatic rings. The summed E-state index contributed by atoms with van der Waals surface area (Å²) in [6, 6.07) is 6.93. The highest BCUT2D eigenvalue weighted by atomic mass is 16.3. The monoisotopic (exact) mass is 136 g/mol. The van der Waals surface area contributed by atoms with Crippen LogP contribution >= 0.6 is 0 Å². The van der Waals surface area contributed by atoms with Crippen LogP contribution in [0.1, 0.15) is 11.1 Å². The lowest BCUT2D eigenvalue weighted by Crippen LogP contribution is -1.90. The Bertz CT molecular complexity index is 185. The molecule has 1 aromatic carbocycles. The summed E-state index contributed by atoms with van der Waals surface area (Å²) in [6.45, 7) is -0.586. The second-order valence-corrected chi connectivity index (χ2v) is 2.06. The summed E-state index contributed by atoms with van der Waals surface area (Å²) in [5.41, 5.74) is 1.25. The molecule has 0 fully saturated rings. The van der Waals surface area contributed by atoms with E-state index in [0.717, 1.165) is 0 Å². The van der Waals surface area contributed by atoms with Gasteiger partial charge in [0.1, 0.15) is 13.2 Å². The van der Waals surface area contributed by atoms with Gasteiger partial charge in [0.15, 0.2) is 0 Å². The molecule has 2 heteroatoms. The van der Waals surface area contributed by atoms with Crippen molar-refractivity contribution >= 4 is 0 Å². The Morgan fingerprint density at radius 1 is 0.900 bits per heavy atom. The van der Waals surface area contributed by atoms with Crippen molar-refractivity contribution in [2.45, 2.75) is 13.2 Å². The Morgan fingerprint density at radius 3 is 1.60 bits per heavy atom. The number of hydrogen-bond donors (Lipinski definition) is 0. The topological polar surface area (TPSA) is 39.8 Å². The van der Waals surface area contributed by atoms with Crippen LogP contribution in [0.4, 0.5) is 0 Å². The number of rotatable bonds is 2. The van der Waals surface area contributed by atoms with Gasteiger partial charge in [0.05, 0.1) is 0 Å². The van der Waals surface area contributed by atoms with E-state index in [1.54, 1.807) is 24.3 Å². The normalized spacial score (nSPS) is 9.80. The van der Waals surface area contributed by atoms with Crippen LogP contribution in [-0.4, -0.2) is 0 Å². The van der Waals surface area contributed by atoms with Crippen molar-refractivity contribution in [3.05, 3.63) is 35.4 Å². The maximum atomic E-state index is 10.4. The molecule has 2 radical (unpaired) electrons. The van der Waals surface area contributed by atoms with Crippen molar-refractivity contribution in [2.24, 2.45) is 0 Å². The van der Waals surface area contributed by atoms with E-state index >= 15 is 0 Å². The van der Waals surface area contributed by atoms with E-state index < -0.39 is 0 Å². The third kappa shape index (κ3) is 1.35. The van der Waals surface area contributed by atoms with Gasteiger partial charge in [0.2, 0.25) is 0 Å². The predicted molar refractivity (Wildman–Crippen MR) is 35.2 cm³/mol. The van der Waals surface area contributed by atoms with Crippen molar-refractivity contribution in [3.8, 4) is 0 Å². The maximum Gasteiger partial charge on any atom is 0.108 e. The molecule has 0 saturated heterocycles. The van der Waals surface area contributed by atoms with Gasteiger partial charge in [-0.1, -0.05) is 24.3 Å². The molecule has 0 aliphatic carbocycles. The highest BCUT2D eigenvalue weighted by Gasteiger charge is 1.97. The molecule has 2 nitrogen and oxygen atoms in total. The van der Waals surface area contributed by atoms with Crippen molar-refractivity contribution in [2.75, 3.05) is 0 Å². The third-order valence-electron chi connectivity index (χ3n) is 1.43. The molecule has 0 amide bonds. The molecule has 1 rings (SSSR count). The lowest BCUT2D eigenvalue weighted by molar-refractivity contribution is 0.159. The van der Waals surface area contributed by atoms with E-state index in [1.807, 2.05) is 0 Å². The van der Waals surface area contributed by atoms with Gasteiger partial charge in [0.25, 0.3) is 0 Å². The molecule has 52 valence electrons. The maximum absolute atomic E-state index is 10.4. The molecular weight excluding hydrogens is 128 g/mol. The number of benzene rings is 1. The van der Waals surface area contributed by atoms with Crippen LogP contribution < -0.4 is 0 Å². The SMILES string of the molecule is [O]Cc1ccccc1C[O]. The Balaban J connectivity index is 2.96. The zero-order valence-electron chi connectivity index (χ0n) is 5.54. The summed E-state index contributed by atoms with van der Waals surface area (Å²) in [4.78, 5) is 0. The molecule has 0 saturated carbocycles. The molecule has 0 N–H and O–H groups in total. The standard InChI is InChI=1S/C8H8O2/c9-5-7-3-1-2-4-8(7)6-10/h1-4H,5-6H2. The van der Waals surface area contributed by atoms with Gasteiger partial charge in [-0.15, -0.1) is 0 Å². The summed E-state index contributed by atoms with van der Waals surface area (Å²) in [6.07, 6.45) is 0. The van der Waals surface area contributed by atoms with Gasteiger partial charge in [-0.25, -0.2) is 10.2 Å². The van der Waals surface area contributed by atoms with Gasteiger partial charge in [-0.2, -0.15) is 0 Å². The summed E-state index contributed by atoms with van der Waals surface area (Å²) in [5, 5.41) is 20.7. The summed E-state index contributed by atoms with van der Waals surface area (Å²) < 4.78 is 0. The lowest BCUT2D eigenvalue weighted by atomic mass is 10.1. The largest absolute Gasteiger partial charge is 0.232 e. The summed E-state index contributed by atoms with van der Waals surface area (Å²) >= 11 is 0. The third-order valence-corrected chi connectivity index (χ3v) is 1.43. The molecule has 0 aliphatic heterocycles. The minimum Gasteiger partial charge on any atom is -0.232 e. The van der Waals surface area contributed by atoms with Crippen LogP contribution in [0.2, 0.25) is 0 Å². The molecule has 0 heterocycles. The minimum atomic E-state index is -0.293. The van der Waals surface area contributed by atoms with Crippen LogP contribution in [0, 0.1) is 0 Å². The van der Waals surface area contributed by atoms with Crippen LogP contribution in [-0.2, 0) is 23.4 Å². The Kier molecular flexibility index (Phi) is 2.42. The summed E-state index contributed by atoms with van der Waals surface area (Å²) in [7, 11) is 0. The fourth-order valence-corrected chi connectivity index (χ4v) is 0.839. The highest BCUT2D eigenvalue weighted by Crippen LogP contribution is 2.07. The predicted octanol–water partition coefficient (Wildman–Crippen LogP) is 1.55. The van der Waals surface area contributed by atoms with Gasteiger partial charge < -0.3 is 0 Å². The molecule has 0 aromatic heterocycles. The Hall–Kier alpha value is -0.860. The average Bonchev–Trinajstić information content (AvgIpc) is 2.04. The first-order valence-electron chi connectivity index (χ1n) is 3.11. The van der Waals surface area contributed by atoms with Crippen LogP contribution in [0.5, 0.6) is 0 Å². The highest BCUT2D eigenvalue weighted by molar-refractivity contribution is 5.25. The Labute approximate surface area is 59.7 Å². The molecule has 0 aliphatic rings. The van der Waals surface area contributed by atoms with E-state index in [9.17, 15) is 10.2 Å². The Morgan fingerprint density at radius 2 is 1.30 bits per heavy atom. The fraction of sp³-hybridized carbons (Fsp3) is 0.250. The van der Waals surface area contributed by atoms with E-state index in [2.05, 4.69) is 0 Å². The number of hydrogen-bond acceptors (Lipinski definition) is 0. The first kappa shape index (κ1) is 7.25. The zero-order chi connectivity index (χ0) is 7.40. The van der Waals surface area contributed by atoms with Crippen molar-refractivity contribution in [1.29, 1.82) is 0 Å². The molecule has 0 atom stereocenters. The molecule has 0 spiro atoms. The molecule has 0 unspecified atom stereocenters. The van der Waals surface area contributed by atoms with E-state index in [4.69, 9.17) is 0 Å². The van der Waals surface area contributed by atoms with Crippen LogP contribution in [0.25, 0.3) is 0 Å². The van der Waals surface area contributed by atoms with Gasteiger partial charge in [-0.3, -0.25) is 0 Å². The van der Waals surface area contributed by atoms with Gasteiger partial charge in [-0.05, 0) is 11.1 Å². The molecule has 10 heavy (non-hydrogen) atoms. The van der Waals surface area contributed by atoms with Crippen molar-refractivity contribution < 1.29 is 10.2 Å². The van der Waals surface area contributed by atoms with Crippen LogP contribution in [0.15, 0.2) is 24.3 Å². The zero-order valence-corrected chi connectivity index (χ0v) is 5.54. The van der Waals surface area contributed by atoms with Crippen molar-refractivity contribution in [1.82, 2.24) is 0 Å². The van der Waals surface area contributed by atoms with Crippen molar-refractivity contribution in [3.63, 3.8) is 0 Å². The first-order valence-corrected chi connectivity index (χ1v) is 3.11. The lowest BCUT2D eigenvalue weighted by Gasteiger charge is -1.99. The second kappa shape index (κ2) is 3.34. The quantitative estimate of drug-likeness (QED) is 0.591. The average molecular weight is 136 g/mol. The van der Waals surface area contributed by atoms with Crippen LogP contribution in [0.3, 0.4) is 0 Å². The van der Waals surface area contributed by atoms with E-state index in [1.165, 1.54) is 0 Å². The minimum absolute atomic E-state index is 0.293. The van der Waals surface area contributed by atoms with E-state index in [-0.39, 0.29) is 13.2 Å². The molecule has 0 bridgehead atoms. The molecular formula is C8H8O2. The first-order chi connectivity index (χ1) is 4.88. The fourth-order valence-electron chi connectivity index (χ4n) is 0.839. The van der Waals surface area contributed by atoms with Gasteiger partial charge >= 0.3 is 0 Å². The second-order valence-electron chi connectivity index (χ2n) is 2.06. The van der Waals surface area contributed by atoms with E-state index in [0.29, 0.717) is 11.1 Å². The smallest absolute Gasteiger partial charge is 0.108 e. The summed E-state index contributed by atoms with van der Waals surface area (Å²) in [5.74, 6) is 0.